The van der Waals surface area contributed by atoms with Crippen LogP contribution < -0.4 is 0 Å². The Morgan fingerprint density at radius 2 is 1.92 bits per heavy atom. The number of hydrogen-bond acceptors (Lipinski definition) is 2. The monoisotopic (exact) mass is 188 g/mol. The molecule has 4 heteroatoms. The largest absolute Gasteiger partial charge is 0.338 e. The summed E-state index contributed by atoms with van der Waals surface area (Å²) in [6.07, 6.45) is 0. The van der Waals surface area contributed by atoms with Gasteiger partial charge in [0.2, 0.25) is 0 Å². The zero-order valence-electron chi connectivity index (χ0n) is 8.51. The van der Waals surface area contributed by atoms with Gasteiger partial charge in [-0.15, -0.1) is 0 Å². The van der Waals surface area contributed by atoms with Crippen LogP contribution in [0.5, 0.6) is 0 Å². The standard InChI is InChI=1S/C9H17FN2O/c1-5-11(3)6-7-12(4)9(13)8(2)10/h2,5-7H2,1,3-4H3. The predicted molar refractivity (Wildman–Crippen MR) is 51.1 cm³/mol. The van der Waals surface area contributed by atoms with Gasteiger partial charge in [-0.1, -0.05) is 13.5 Å². The molecule has 0 aliphatic rings. The Balaban J connectivity index is 3.80. The van der Waals surface area contributed by atoms with Gasteiger partial charge in [0, 0.05) is 20.1 Å². The molecule has 0 saturated heterocycles. The van der Waals surface area contributed by atoms with E-state index in [1.807, 2.05) is 18.9 Å². The van der Waals surface area contributed by atoms with E-state index in [1.165, 1.54) is 4.90 Å². The number of carbonyl (C=O) groups excluding carboxylic acids is 1. The van der Waals surface area contributed by atoms with Gasteiger partial charge in [0.1, 0.15) is 0 Å². The zero-order valence-corrected chi connectivity index (χ0v) is 8.51. The molecule has 13 heavy (non-hydrogen) atoms. The molecule has 0 rings (SSSR count). The molecule has 0 aromatic rings. The lowest BCUT2D eigenvalue weighted by atomic mass is 10.4. The molecular formula is C9H17FN2O. The van der Waals surface area contributed by atoms with Crippen molar-refractivity contribution in [3.05, 3.63) is 12.4 Å². The van der Waals surface area contributed by atoms with E-state index < -0.39 is 11.7 Å². The fourth-order valence-corrected chi connectivity index (χ4v) is 0.787. The second-order valence-corrected chi connectivity index (χ2v) is 3.03. The van der Waals surface area contributed by atoms with Crippen molar-refractivity contribution in [2.24, 2.45) is 0 Å². The van der Waals surface area contributed by atoms with E-state index in [0.717, 1.165) is 13.1 Å². The number of carbonyl (C=O) groups is 1. The lowest BCUT2D eigenvalue weighted by Crippen LogP contribution is -2.34. The van der Waals surface area contributed by atoms with Gasteiger partial charge in [0.05, 0.1) is 0 Å². The summed E-state index contributed by atoms with van der Waals surface area (Å²) >= 11 is 0. The molecular weight excluding hydrogens is 171 g/mol. The number of nitrogens with zero attached hydrogens (tertiary/aromatic N) is 2. The molecule has 0 heterocycles. The minimum absolute atomic E-state index is 0.520. The Labute approximate surface area is 78.8 Å². The molecule has 0 radical (unpaired) electrons. The smallest absolute Gasteiger partial charge is 0.281 e. The van der Waals surface area contributed by atoms with Gasteiger partial charge in [-0.05, 0) is 13.6 Å². The fourth-order valence-electron chi connectivity index (χ4n) is 0.787. The van der Waals surface area contributed by atoms with Crippen molar-refractivity contribution in [3.8, 4) is 0 Å². The van der Waals surface area contributed by atoms with Crippen LogP contribution in [-0.4, -0.2) is 49.4 Å². The van der Waals surface area contributed by atoms with Crippen LogP contribution in [-0.2, 0) is 4.79 Å². The van der Waals surface area contributed by atoms with Crippen LogP contribution >= 0.6 is 0 Å². The Bertz CT molecular complexity index is 194. The summed E-state index contributed by atoms with van der Waals surface area (Å²) in [5.41, 5.74) is 0. The number of amides is 1. The Kier molecular flexibility index (Phi) is 5.30. The summed E-state index contributed by atoms with van der Waals surface area (Å²) in [5.74, 6) is -1.54. The van der Waals surface area contributed by atoms with E-state index in [2.05, 4.69) is 6.58 Å². The lowest BCUT2D eigenvalue weighted by Gasteiger charge is -2.20. The minimum atomic E-state index is -0.901. The first-order chi connectivity index (χ1) is 5.99. The number of rotatable bonds is 5. The van der Waals surface area contributed by atoms with Gasteiger partial charge < -0.3 is 9.80 Å². The molecule has 0 aromatic heterocycles. The summed E-state index contributed by atoms with van der Waals surface area (Å²) < 4.78 is 12.4. The van der Waals surface area contributed by atoms with Gasteiger partial charge in [-0.3, -0.25) is 4.79 Å². The second-order valence-electron chi connectivity index (χ2n) is 3.03. The first-order valence-corrected chi connectivity index (χ1v) is 4.27. The first-order valence-electron chi connectivity index (χ1n) is 4.27. The van der Waals surface area contributed by atoms with Crippen molar-refractivity contribution in [2.75, 3.05) is 33.7 Å². The fraction of sp³-hybridized carbons (Fsp3) is 0.667. The van der Waals surface area contributed by atoms with Crippen LogP contribution in [0.4, 0.5) is 4.39 Å². The molecule has 0 spiro atoms. The highest BCUT2D eigenvalue weighted by molar-refractivity contribution is 5.90. The third-order valence-electron chi connectivity index (χ3n) is 1.94. The molecule has 0 saturated carbocycles. The lowest BCUT2D eigenvalue weighted by molar-refractivity contribution is -0.127. The highest BCUT2D eigenvalue weighted by atomic mass is 19.1. The van der Waals surface area contributed by atoms with Crippen molar-refractivity contribution < 1.29 is 9.18 Å². The van der Waals surface area contributed by atoms with Gasteiger partial charge >= 0.3 is 0 Å². The topological polar surface area (TPSA) is 23.6 Å². The first kappa shape index (κ1) is 12.1. The molecule has 3 nitrogen and oxygen atoms in total. The van der Waals surface area contributed by atoms with E-state index in [-0.39, 0.29) is 0 Å². The summed E-state index contributed by atoms with van der Waals surface area (Å²) in [5, 5.41) is 0. The molecule has 1 amide bonds. The van der Waals surface area contributed by atoms with Crippen LogP contribution in [0.25, 0.3) is 0 Å². The maximum Gasteiger partial charge on any atom is 0.281 e. The average molecular weight is 188 g/mol. The molecule has 0 fully saturated rings. The van der Waals surface area contributed by atoms with Crippen molar-refractivity contribution in [1.29, 1.82) is 0 Å². The van der Waals surface area contributed by atoms with E-state index in [9.17, 15) is 9.18 Å². The van der Waals surface area contributed by atoms with E-state index in [4.69, 9.17) is 0 Å². The van der Waals surface area contributed by atoms with Crippen LogP contribution in [0.2, 0.25) is 0 Å². The van der Waals surface area contributed by atoms with E-state index in [1.54, 1.807) is 7.05 Å². The maximum absolute atomic E-state index is 12.4. The van der Waals surface area contributed by atoms with Crippen LogP contribution in [0, 0.1) is 0 Å². The summed E-state index contributed by atoms with van der Waals surface area (Å²) in [4.78, 5) is 14.4. The van der Waals surface area contributed by atoms with Crippen molar-refractivity contribution in [1.82, 2.24) is 9.80 Å². The Morgan fingerprint density at radius 1 is 1.38 bits per heavy atom. The molecule has 0 N–H and O–H groups in total. The second kappa shape index (κ2) is 5.70. The van der Waals surface area contributed by atoms with Crippen molar-refractivity contribution >= 4 is 5.91 Å². The summed E-state index contributed by atoms with van der Waals surface area (Å²) in [6.45, 7) is 7.15. The zero-order chi connectivity index (χ0) is 10.4. The third kappa shape index (κ3) is 4.62. The predicted octanol–water partition coefficient (Wildman–Crippen LogP) is 0.880. The summed E-state index contributed by atoms with van der Waals surface area (Å²) in [6, 6.07) is 0. The van der Waals surface area contributed by atoms with Crippen LogP contribution in [0.15, 0.2) is 12.4 Å². The normalized spacial score (nSPS) is 10.2. The quantitative estimate of drug-likeness (QED) is 0.598. The van der Waals surface area contributed by atoms with E-state index in [0.29, 0.717) is 6.54 Å². The van der Waals surface area contributed by atoms with Crippen LogP contribution in [0.1, 0.15) is 6.92 Å². The minimum Gasteiger partial charge on any atom is -0.338 e. The number of halogens is 1. The van der Waals surface area contributed by atoms with Gasteiger partial charge in [0.15, 0.2) is 5.83 Å². The molecule has 0 atom stereocenters. The molecule has 0 aliphatic heterocycles. The highest BCUT2D eigenvalue weighted by Crippen LogP contribution is 1.97. The van der Waals surface area contributed by atoms with Crippen molar-refractivity contribution in [2.45, 2.75) is 6.92 Å². The SMILES string of the molecule is C=C(F)C(=O)N(C)CCN(C)CC. The third-order valence-corrected chi connectivity index (χ3v) is 1.94. The van der Waals surface area contributed by atoms with Gasteiger partial charge in [0.25, 0.3) is 5.91 Å². The molecule has 0 bridgehead atoms. The van der Waals surface area contributed by atoms with Crippen molar-refractivity contribution in [3.63, 3.8) is 0 Å². The maximum atomic E-state index is 12.4. The Hall–Kier alpha value is -0.900. The van der Waals surface area contributed by atoms with Crippen LogP contribution in [0.3, 0.4) is 0 Å². The summed E-state index contributed by atoms with van der Waals surface area (Å²) in [7, 11) is 3.51. The molecule has 76 valence electrons. The molecule has 0 aromatic carbocycles. The highest BCUT2D eigenvalue weighted by Gasteiger charge is 2.11. The average Bonchev–Trinajstić information content (AvgIpc) is 2.11. The molecule has 0 aliphatic carbocycles. The van der Waals surface area contributed by atoms with Gasteiger partial charge in [-0.2, -0.15) is 0 Å². The number of hydrogen-bond donors (Lipinski definition) is 0. The van der Waals surface area contributed by atoms with E-state index >= 15 is 0 Å². The number of likely N-dealkylation sites (N-methyl/N-ethyl adjacent to an activating group) is 2. The molecule has 0 unspecified atom stereocenters. The Morgan fingerprint density at radius 3 is 2.31 bits per heavy atom. The van der Waals surface area contributed by atoms with Gasteiger partial charge in [-0.25, -0.2) is 4.39 Å².